The first kappa shape index (κ1) is 17.0. The van der Waals surface area contributed by atoms with Crippen LogP contribution >= 0.6 is 31.9 Å². The van der Waals surface area contributed by atoms with Crippen LogP contribution in [0.2, 0.25) is 0 Å². The van der Waals surface area contributed by atoms with E-state index in [1.54, 1.807) is 0 Å². The molecule has 1 saturated heterocycles. The summed E-state index contributed by atoms with van der Waals surface area (Å²) in [5.74, 6) is -1.78. The van der Waals surface area contributed by atoms with Crippen LogP contribution in [0.15, 0.2) is 24.3 Å². The van der Waals surface area contributed by atoms with Gasteiger partial charge in [0, 0.05) is 9.65 Å². The first-order valence-corrected chi connectivity index (χ1v) is 8.86. The molecule has 2 amide bonds. The number of amides is 2. The van der Waals surface area contributed by atoms with E-state index in [0.29, 0.717) is 12.8 Å². The summed E-state index contributed by atoms with van der Waals surface area (Å²) in [5.41, 5.74) is -0.885. The average Bonchev–Trinajstić information content (AvgIpc) is 2.71. The number of carbonyl (C=O) groups excluding carboxylic acids is 2. The number of fused-ring (bicyclic) bond motifs is 1. The van der Waals surface area contributed by atoms with Gasteiger partial charge in [0.2, 0.25) is 11.8 Å². The molecule has 2 aliphatic rings. The van der Waals surface area contributed by atoms with Crippen molar-refractivity contribution >= 4 is 49.4 Å². The van der Waals surface area contributed by atoms with E-state index in [-0.39, 0.29) is 15.3 Å². The van der Waals surface area contributed by atoms with E-state index in [1.807, 2.05) is 0 Å². The summed E-state index contributed by atoms with van der Waals surface area (Å²) >= 11 is 6.95. The summed E-state index contributed by atoms with van der Waals surface area (Å²) in [6.07, 6.45) is -3.54. The molecule has 1 aliphatic heterocycles. The molecule has 1 aromatic carbocycles. The first-order valence-electron chi connectivity index (χ1n) is 7.03. The predicted octanol–water partition coefficient (Wildman–Crippen LogP) is 4.13. The number of nitrogens with zero attached hydrogens (tertiary/aromatic N) is 1. The summed E-state index contributed by atoms with van der Waals surface area (Å²) < 4.78 is 38.5. The normalized spacial score (nSPS) is 31.4. The Balaban J connectivity index is 1.95. The van der Waals surface area contributed by atoms with Gasteiger partial charge < -0.3 is 0 Å². The van der Waals surface area contributed by atoms with Crippen LogP contribution in [0.25, 0.3) is 0 Å². The summed E-state index contributed by atoms with van der Waals surface area (Å²) in [5, 5.41) is 0. The number of anilines is 1. The van der Waals surface area contributed by atoms with Crippen LogP contribution < -0.4 is 4.90 Å². The second-order valence-corrected chi connectivity index (χ2v) is 8.13. The Kier molecular flexibility index (Phi) is 4.33. The van der Waals surface area contributed by atoms with Gasteiger partial charge in [-0.25, -0.2) is 0 Å². The van der Waals surface area contributed by atoms with Crippen molar-refractivity contribution in [1.82, 2.24) is 0 Å². The third-order valence-corrected chi connectivity index (χ3v) is 7.08. The second kappa shape index (κ2) is 5.88. The van der Waals surface area contributed by atoms with Crippen molar-refractivity contribution < 1.29 is 22.8 Å². The third kappa shape index (κ3) is 2.95. The molecule has 23 heavy (non-hydrogen) atoms. The van der Waals surface area contributed by atoms with Gasteiger partial charge >= 0.3 is 6.18 Å². The summed E-state index contributed by atoms with van der Waals surface area (Å²) in [4.78, 5) is 26.1. The molecule has 8 heteroatoms. The summed E-state index contributed by atoms with van der Waals surface area (Å²) in [6, 6.07) is 4.34. The average molecular weight is 455 g/mol. The van der Waals surface area contributed by atoms with Crippen molar-refractivity contribution in [1.29, 1.82) is 0 Å². The smallest absolute Gasteiger partial charge is 0.274 e. The van der Waals surface area contributed by atoms with Gasteiger partial charge in [0.25, 0.3) is 0 Å². The molecule has 1 aliphatic carbocycles. The number of benzene rings is 1. The lowest BCUT2D eigenvalue weighted by molar-refractivity contribution is -0.137. The minimum absolute atomic E-state index is 0.0125. The lowest BCUT2D eigenvalue weighted by Crippen LogP contribution is -2.34. The maximum atomic E-state index is 12.8. The largest absolute Gasteiger partial charge is 0.416 e. The third-order valence-electron chi connectivity index (χ3n) is 4.34. The van der Waals surface area contributed by atoms with Crippen molar-refractivity contribution in [3.05, 3.63) is 29.8 Å². The van der Waals surface area contributed by atoms with E-state index in [4.69, 9.17) is 0 Å². The molecule has 3 rings (SSSR count). The molecule has 1 heterocycles. The zero-order valence-corrected chi connectivity index (χ0v) is 14.9. The fourth-order valence-corrected chi connectivity index (χ4v) is 4.41. The first-order chi connectivity index (χ1) is 10.7. The lowest BCUT2D eigenvalue weighted by atomic mass is 9.81. The van der Waals surface area contributed by atoms with E-state index in [9.17, 15) is 22.8 Å². The molecule has 0 N–H and O–H groups in total. The molecule has 0 radical (unpaired) electrons. The second-order valence-electron chi connectivity index (χ2n) is 5.78. The molecule has 0 aromatic heterocycles. The van der Waals surface area contributed by atoms with Gasteiger partial charge in [-0.1, -0.05) is 37.9 Å². The molecular formula is C15H12Br2F3NO2. The quantitative estimate of drug-likeness (QED) is 0.472. The number of imide groups is 1. The van der Waals surface area contributed by atoms with Crippen LogP contribution in [0.4, 0.5) is 18.9 Å². The monoisotopic (exact) mass is 453 g/mol. The fraction of sp³-hybridized carbons (Fsp3) is 0.467. The van der Waals surface area contributed by atoms with Gasteiger partial charge in [-0.05, 0) is 31.0 Å². The van der Waals surface area contributed by atoms with Gasteiger partial charge in [-0.2, -0.15) is 13.2 Å². The van der Waals surface area contributed by atoms with Crippen LogP contribution in [-0.4, -0.2) is 21.5 Å². The van der Waals surface area contributed by atoms with Gasteiger partial charge in [-0.15, -0.1) is 0 Å². The van der Waals surface area contributed by atoms with Crippen LogP contribution in [0.1, 0.15) is 18.4 Å². The van der Waals surface area contributed by atoms with E-state index < -0.39 is 35.4 Å². The Labute approximate surface area is 147 Å². The zero-order valence-electron chi connectivity index (χ0n) is 11.7. The number of halogens is 5. The molecule has 2 fully saturated rings. The Hall–Kier alpha value is -0.890. The fourth-order valence-electron chi connectivity index (χ4n) is 3.17. The van der Waals surface area contributed by atoms with E-state index in [2.05, 4.69) is 31.9 Å². The molecule has 3 nitrogen and oxygen atoms in total. The molecule has 0 bridgehead atoms. The van der Waals surface area contributed by atoms with Crippen molar-refractivity contribution in [2.24, 2.45) is 11.8 Å². The van der Waals surface area contributed by atoms with E-state index in [1.165, 1.54) is 12.1 Å². The Morgan fingerprint density at radius 1 is 1.00 bits per heavy atom. The molecule has 1 aromatic rings. The van der Waals surface area contributed by atoms with Gasteiger partial charge in [0.1, 0.15) is 0 Å². The number of hydrogen-bond donors (Lipinski definition) is 0. The van der Waals surface area contributed by atoms with Crippen LogP contribution in [0, 0.1) is 11.8 Å². The van der Waals surface area contributed by atoms with E-state index in [0.717, 1.165) is 17.0 Å². The molecule has 124 valence electrons. The number of hydrogen-bond acceptors (Lipinski definition) is 2. The van der Waals surface area contributed by atoms with E-state index >= 15 is 0 Å². The highest BCUT2D eigenvalue weighted by Gasteiger charge is 2.52. The lowest BCUT2D eigenvalue weighted by Gasteiger charge is -2.29. The maximum absolute atomic E-state index is 12.8. The SMILES string of the molecule is O=C1[C@@H]2C[C@@H](Br)[C@@H](Br)C[C@H]2C(=O)N1c1cccc(C(F)(F)F)c1. The maximum Gasteiger partial charge on any atom is 0.416 e. The predicted molar refractivity (Wildman–Crippen MR) is 85.6 cm³/mol. The summed E-state index contributed by atoms with van der Waals surface area (Å²) in [7, 11) is 0. The Morgan fingerprint density at radius 3 is 2.00 bits per heavy atom. The number of rotatable bonds is 1. The van der Waals surface area contributed by atoms with Crippen molar-refractivity contribution in [2.45, 2.75) is 28.7 Å². The van der Waals surface area contributed by atoms with Gasteiger partial charge in [0.15, 0.2) is 0 Å². The standard InChI is InChI=1S/C15H12Br2F3NO2/c16-11-5-9-10(6-12(11)17)14(23)21(13(9)22)8-3-1-2-7(4-8)15(18,19)20/h1-4,9-12H,5-6H2/t9-,10-,11-,12+/m1/s1. The van der Waals surface area contributed by atoms with Crippen LogP contribution in [-0.2, 0) is 15.8 Å². The van der Waals surface area contributed by atoms with Crippen LogP contribution in [0.5, 0.6) is 0 Å². The topological polar surface area (TPSA) is 37.4 Å². The van der Waals surface area contributed by atoms with Gasteiger partial charge in [-0.3, -0.25) is 14.5 Å². The number of carbonyl (C=O) groups is 2. The molecular weight excluding hydrogens is 443 g/mol. The molecule has 0 spiro atoms. The van der Waals surface area contributed by atoms with Crippen molar-refractivity contribution in [2.75, 3.05) is 4.90 Å². The Bertz CT molecular complexity index is 636. The highest BCUT2D eigenvalue weighted by molar-refractivity contribution is 9.12. The van der Waals surface area contributed by atoms with Crippen molar-refractivity contribution in [3.63, 3.8) is 0 Å². The molecule has 1 saturated carbocycles. The highest BCUT2D eigenvalue weighted by Crippen LogP contribution is 2.44. The minimum Gasteiger partial charge on any atom is -0.274 e. The molecule has 4 atom stereocenters. The van der Waals surface area contributed by atoms with Gasteiger partial charge in [0.05, 0.1) is 23.1 Å². The van der Waals surface area contributed by atoms with Crippen molar-refractivity contribution in [3.8, 4) is 0 Å². The Morgan fingerprint density at radius 2 is 1.52 bits per heavy atom. The molecule has 0 unspecified atom stereocenters. The highest BCUT2D eigenvalue weighted by atomic mass is 79.9. The minimum atomic E-state index is -4.52. The zero-order chi connectivity index (χ0) is 16.9. The number of alkyl halides is 5. The summed E-state index contributed by atoms with van der Waals surface area (Å²) in [6.45, 7) is 0. The van der Waals surface area contributed by atoms with Crippen LogP contribution in [0.3, 0.4) is 0 Å².